The predicted molar refractivity (Wildman–Crippen MR) is 179 cm³/mol. The van der Waals surface area contributed by atoms with Crippen LogP contribution in [0.3, 0.4) is 0 Å². The lowest BCUT2D eigenvalue weighted by molar-refractivity contribution is 0.101. The second-order valence-corrected chi connectivity index (χ2v) is 11.8. The predicted octanol–water partition coefficient (Wildman–Crippen LogP) is 6.74. The summed E-state index contributed by atoms with van der Waals surface area (Å²) < 4.78 is 35.6. The van der Waals surface area contributed by atoms with Gasteiger partial charge in [-0.1, -0.05) is 23.7 Å². The van der Waals surface area contributed by atoms with Gasteiger partial charge in [0, 0.05) is 43.0 Å². The van der Waals surface area contributed by atoms with Gasteiger partial charge in [-0.2, -0.15) is 0 Å². The fourth-order valence-electron chi connectivity index (χ4n) is 5.91. The number of carbonyl (C=O) groups is 1. The van der Waals surface area contributed by atoms with Crippen molar-refractivity contribution >= 4 is 34.1 Å². The minimum Gasteiger partial charge on any atom is -0.493 e. The molecular weight excluding hydrogens is 625 g/mol. The molecule has 0 unspecified atom stereocenters. The van der Waals surface area contributed by atoms with Gasteiger partial charge in [0.25, 0.3) is 5.91 Å². The number of imidazole rings is 1. The second-order valence-electron chi connectivity index (χ2n) is 11.3. The van der Waals surface area contributed by atoms with Crippen molar-refractivity contribution in [2.45, 2.75) is 26.2 Å². The number of aromatic nitrogens is 3. The Bertz CT molecular complexity index is 2000. The van der Waals surface area contributed by atoms with Gasteiger partial charge < -0.3 is 24.4 Å². The number of pyridine rings is 1. The largest absolute Gasteiger partial charge is 0.493 e. The standard InChI is InChI=1S/C35H35ClFN5O5/c1-22-33(40(2)35(44)42(22)28-10-5-4-9-25(28)36)34(43)39-23-11-12-30(26(37)19-23)47-29-13-14-38-27-21-32(31(45-3)20-24(27)29)46-18-8-17-41-15-6-7-16-41/h4-5,9-14,19-21H,6-8,15-18H2,1-3H3,(H,39,43). The molecule has 0 saturated carbocycles. The molecule has 1 N–H and O–H groups in total. The van der Waals surface area contributed by atoms with Crippen molar-refractivity contribution in [2.24, 2.45) is 7.05 Å². The van der Waals surface area contributed by atoms with Crippen LogP contribution in [0.1, 0.15) is 35.4 Å². The van der Waals surface area contributed by atoms with E-state index in [1.54, 1.807) is 62.7 Å². The van der Waals surface area contributed by atoms with Crippen LogP contribution in [0, 0.1) is 12.7 Å². The lowest BCUT2D eigenvalue weighted by Crippen LogP contribution is -2.24. The first kappa shape index (κ1) is 32.1. The van der Waals surface area contributed by atoms with E-state index in [1.807, 2.05) is 0 Å². The molecule has 2 aromatic heterocycles. The number of hydrogen-bond acceptors (Lipinski definition) is 7. The monoisotopic (exact) mass is 659 g/mol. The number of anilines is 1. The Hall–Kier alpha value is -4.87. The lowest BCUT2D eigenvalue weighted by Gasteiger charge is -2.16. The van der Waals surface area contributed by atoms with Crippen LogP contribution in [0.15, 0.2) is 71.7 Å². The smallest absolute Gasteiger partial charge is 0.333 e. The van der Waals surface area contributed by atoms with Crippen LogP contribution in [0.4, 0.5) is 10.1 Å². The van der Waals surface area contributed by atoms with E-state index in [2.05, 4.69) is 15.2 Å². The van der Waals surface area contributed by atoms with Crippen LogP contribution in [0.25, 0.3) is 16.6 Å². The Morgan fingerprint density at radius 2 is 1.81 bits per heavy atom. The Kier molecular flexibility index (Phi) is 9.46. The second kappa shape index (κ2) is 13.9. The summed E-state index contributed by atoms with van der Waals surface area (Å²) in [6, 6.07) is 16.2. The summed E-state index contributed by atoms with van der Waals surface area (Å²) >= 11 is 6.32. The molecule has 1 aliphatic rings. The highest BCUT2D eigenvalue weighted by molar-refractivity contribution is 6.32. The molecule has 3 aromatic carbocycles. The van der Waals surface area contributed by atoms with E-state index in [0.717, 1.165) is 32.1 Å². The number of fused-ring (bicyclic) bond motifs is 1. The van der Waals surface area contributed by atoms with Crippen molar-refractivity contribution in [1.82, 2.24) is 19.0 Å². The number of hydrogen-bond donors (Lipinski definition) is 1. The molecule has 10 nitrogen and oxygen atoms in total. The van der Waals surface area contributed by atoms with Gasteiger partial charge in [0.05, 0.1) is 35.6 Å². The van der Waals surface area contributed by atoms with E-state index in [4.69, 9.17) is 25.8 Å². The first-order chi connectivity index (χ1) is 22.7. The van der Waals surface area contributed by atoms with Crippen LogP contribution in [-0.4, -0.2) is 58.3 Å². The molecule has 244 valence electrons. The van der Waals surface area contributed by atoms with Gasteiger partial charge in [0.2, 0.25) is 0 Å². The van der Waals surface area contributed by atoms with Crippen molar-refractivity contribution in [3.05, 3.63) is 99.6 Å². The van der Waals surface area contributed by atoms with Crippen molar-refractivity contribution in [3.8, 4) is 28.7 Å². The number of ether oxygens (including phenoxy) is 3. The minimum atomic E-state index is -0.697. The molecule has 0 aliphatic carbocycles. The lowest BCUT2D eigenvalue weighted by atomic mass is 10.1. The van der Waals surface area contributed by atoms with Crippen molar-refractivity contribution < 1.29 is 23.4 Å². The highest BCUT2D eigenvalue weighted by Gasteiger charge is 2.23. The van der Waals surface area contributed by atoms with E-state index >= 15 is 4.39 Å². The average Bonchev–Trinajstić information content (AvgIpc) is 3.66. The van der Waals surface area contributed by atoms with Gasteiger partial charge in [-0.25, -0.2) is 9.18 Å². The van der Waals surface area contributed by atoms with Crippen LogP contribution >= 0.6 is 11.6 Å². The van der Waals surface area contributed by atoms with Crippen molar-refractivity contribution in [3.63, 3.8) is 0 Å². The summed E-state index contributed by atoms with van der Waals surface area (Å²) in [6.07, 6.45) is 4.99. The Morgan fingerprint density at radius 3 is 2.55 bits per heavy atom. The molecule has 12 heteroatoms. The number of amides is 1. The Morgan fingerprint density at radius 1 is 1.02 bits per heavy atom. The number of methoxy groups -OCH3 is 1. The summed E-state index contributed by atoms with van der Waals surface area (Å²) in [5, 5.41) is 3.66. The zero-order valence-electron chi connectivity index (χ0n) is 26.4. The van der Waals surface area contributed by atoms with Crippen molar-refractivity contribution in [2.75, 3.05) is 38.7 Å². The Labute approximate surface area is 276 Å². The number of nitrogens with one attached hydrogen (secondary N) is 1. The van der Waals surface area contributed by atoms with Crippen LogP contribution < -0.4 is 25.2 Å². The number of likely N-dealkylation sites (tertiary alicyclic amines) is 1. The van der Waals surface area contributed by atoms with Gasteiger partial charge in [0.1, 0.15) is 11.4 Å². The number of rotatable bonds is 11. The summed E-state index contributed by atoms with van der Waals surface area (Å²) in [5.41, 5.74) is 1.31. The molecule has 0 atom stereocenters. The van der Waals surface area contributed by atoms with Gasteiger partial charge in [0.15, 0.2) is 23.1 Å². The van der Waals surface area contributed by atoms with E-state index < -0.39 is 17.4 Å². The maximum Gasteiger partial charge on any atom is 0.333 e. The molecule has 6 rings (SSSR count). The highest BCUT2D eigenvalue weighted by Crippen LogP contribution is 2.38. The first-order valence-electron chi connectivity index (χ1n) is 15.4. The maximum absolute atomic E-state index is 15.4. The number of carbonyl (C=O) groups excluding carboxylic acids is 1. The molecule has 0 radical (unpaired) electrons. The van der Waals surface area contributed by atoms with E-state index in [-0.39, 0.29) is 17.1 Å². The minimum absolute atomic E-state index is 0.0508. The zero-order chi connectivity index (χ0) is 33.1. The molecule has 0 bridgehead atoms. The van der Waals surface area contributed by atoms with Gasteiger partial charge >= 0.3 is 5.69 Å². The fourth-order valence-corrected chi connectivity index (χ4v) is 6.13. The molecule has 3 heterocycles. The number of benzene rings is 3. The third-order valence-corrected chi connectivity index (χ3v) is 8.59. The SMILES string of the molecule is COc1cc2c(Oc3ccc(NC(=O)c4c(C)n(-c5ccccc5Cl)c(=O)n4C)cc3F)ccnc2cc1OCCCN1CCCC1. The van der Waals surface area contributed by atoms with Gasteiger partial charge in [-0.15, -0.1) is 0 Å². The third kappa shape index (κ3) is 6.68. The van der Waals surface area contributed by atoms with E-state index in [0.29, 0.717) is 51.2 Å². The van der Waals surface area contributed by atoms with Gasteiger partial charge in [-0.05, 0) is 75.7 Å². The van der Waals surface area contributed by atoms with Crippen LogP contribution in [0.2, 0.25) is 5.02 Å². The summed E-state index contributed by atoms with van der Waals surface area (Å²) in [4.78, 5) is 33.2. The summed E-state index contributed by atoms with van der Waals surface area (Å²) in [7, 11) is 3.06. The Balaban J connectivity index is 1.18. The fraction of sp³-hybridized carbons (Fsp3) is 0.286. The average molecular weight is 660 g/mol. The molecule has 1 amide bonds. The van der Waals surface area contributed by atoms with E-state index in [9.17, 15) is 9.59 Å². The molecule has 1 fully saturated rings. The van der Waals surface area contributed by atoms with E-state index in [1.165, 1.54) is 41.2 Å². The van der Waals surface area contributed by atoms with Crippen LogP contribution in [0.5, 0.6) is 23.0 Å². The molecule has 5 aromatic rings. The normalized spacial score (nSPS) is 13.2. The molecular formula is C35H35ClFN5O5. The quantitative estimate of drug-likeness (QED) is 0.157. The number of nitrogens with zero attached hydrogens (tertiary/aromatic N) is 4. The topological polar surface area (TPSA) is 99.9 Å². The van der Waals surface area contributed by atoms with Crippen molar-refractivity contribution in [1.29, 1.82) is 0 Å². The molecule has 47 heavy (non-hydrogen) atoms. The van der Waals surface area contributed by atoms with Crippen LogP contribution in [-0.2, 0) is 7.05 Å². The first-order valence-corrected chi connectivity index (χ1v) is 15.8. The molecule has 1 saturated heterocycles. The van der Waals surface area contributed by atoms with Gasteiger partial charge in [-0.3, -0.25) is 18.9 Å². The molecule has 0 spiro atoms. The number of para-hydroxylation sites is 1. The molecule has 1 aliphatic heterocycles. The summed E-state index contributed by atoms with van der Waals surface area (Å²) in [5.74, 6) is 0.135. The highest BCUT2D eigenvalue weighted by atomic mass is 35.5. The maximum atomic E-state index is 15.4. The third-order valence-electron chi connectivity index (χ3n) is 8.27. The summed E-state index contributed by atoms with van der Waals surface area (Å²) in [6.45, 7) is 5.48. The zero-order valence-corrected chi connectivity index (χ0v) is 27.1. The number of halogens is 2.